The highest BCUT2D eigenvalue weighted by atomic mass is 16.2. The van der Waals surface area contributed by atoms with Gasteiger partial charge in [-0.2, -0.15) is 0 Å². The van der Waals surface area contributed by atoms with Gasteiger partial charge in [-0.15, -0.1) is 0 Å². The molecule has 0 atom stereocenters. The molecule has 1 spiro atoms. The van der Waals surface area contributed by atoms with Crippen LogP contribution in [0.15, 0.2) is 59.8 Å². The molecule has 8 heteroatoms. The molecule has 0 saturated heterocycles. The molecule has 2 N–H and O–H groups in total. The van der Waals surface area contributed by atoms with Crippen molar-refractivity contribution in [1.82, 2.24) is 29.4 Å². The van der Waals surface area contributed by atoms with E-state index in [1.807, 2.05) is 16.7 Å². The molecule has 2 fully saturated rings. The fourth-order valence-electron chi connectivity index (χ4n) is 5.53. The van der Waals surface area contributed by atoms with Gasteiger partial charge in [0.05, 0.1) is 12.2 Å². The highest BCUT2D eigenvalue weighted by molar-refractivity contribution is 5.92. The minimum absolute atomic E-state index is 0. The number of fused-ring (bicyclic) bond motifs is 2. The van der Waals surface area contributed by atoms with Crippen LogP contribution in [0.2, 0.25) is 0 Å². The van der Waals surface area contributed by atoms with Crippen molar-refractivity contribution in [2.45, 2.75) is 45.2 Å². The second-order valence-electron chi connectivity index (χ2n) is 9.88. The zero-order chi connectivity index (χ0) is 23.1. The van der Waals surface area contributed by atoms with E-state index in [0.29, 0.717) is 5.65 Å². The average Bonchev–Trinajstić information content (AvgIpc) is 3.20. The average molecular weight is 461 g/mol. The van der Waals surface area contributed by atoms with Crippen molar-refractivity contribution in [2.75, 3.05) is 6.54 Å². The first-order valence-electron chi connectivity index (χ1n) is 12.0. The Balaban J connectivity index is 0.00000152. The summed E-state index contributed by atoms with van der Waals surface area (Å²) in [5, 5.41) is 6.43. The van der Waals surface area contributed by atoms with Crippen LogP contribution in [0.25, 0.3) is 11.3 Å². The van der Waals surface area contributed by atoms with Crippen molar-refractivity contribution in [3.05, 3.63) is 82.3 Å². The largest absolute Gasteiger partial charge is 0.345 e. The molecule has 0 unspecified atom stereocenters. The number of pyridine rings is 2. The van der Waals surface area contributed by atoms with Crippen LogP contribution < -0.4 is 16.2 Å². The second kappa shape index (κ2) is 8.36. The summed E-state index contributed by atoms with van der Waals surface area (Å²) in [7, 11) is 0. The maximum absolute atomic E-state index is 12.6. The van der Waals surface area contributed by atoms with E-state index in [1.165, 1.54) is 48.1 Å². The summed E-state index contributed by atoms with van der Waals surface area (Å²) in [6.45, 7) is 2.19. The van der Waals surface area contributed by atoms with Crippen LogP contribution in [0.5, 0.6) is 0 Å². The van der Waals surface area contributed by atoms with Crippen molar-refractivity contribution < 1.29 is 7.65 Å². The Hall–Kier alpha value is -3.52. The van der Waals surface area contributed by atoms with Crippen LogP contribution in [0.3, 0.4) is 0 Å². The van der Waals surface area contributed by atoms with Crippen molar-refractivity contribution >= 4 is 17.2 Å². The van der Waals surface area contributed by atoms with E-state index in [0.717, 1.165) is 35.8 Å². The number of carbonyl (C=O) groups is 1. The lowest BCUT2D eigenvalue weighted by molar-refractivity contribution is -0.0236. The molecule has 4 aromatic heterocycles. The summed E-state index contributed by atoms with van der Waals surface area (Å²) in [5.41, 5.74) is 3.77. The van der Waals surface area contributed by atoms with E-state index >= 15 is 0 Å². The molecule has 34 heavy (non-hydrogen) atoms. The molecular formula is C26H32N6O2. The van der Waals surface area contributed by atoms with Gasteiger partial charge in [0.2, 0.25) is 0 Å². The van der Waals surface area contributed by atoms with Gasteiger partial charge in [-0.1, -0.05) is 18.6 Å². The summed E-state index contributed by atoms with van der Waals surface area (Å²) in [6.07, 6.45) is 12.8. The number of hydrogen-bond donors (Lipinski definition) is 2. The normalized spacial score (nSPS) is 17.1. The molecule has 0 radical (unpaired) electrons. The molecule has 0 aliphatic heterocycles. The maximum Gasteiger partial charge on any atom is 0.270 e. The highest BCUT2D eigenvalue weighted by Crippen LogP contribution is 2.58. The Morgan fingerprint density at radius 2 is 1.97 bits per heavy atom. The molecule has 6 rings (SSSR count). The van der Waals surface area contributed by atoms with Crippen LogP contribution >= 0.6 is 0 Å². The SMILES string of the molecule is O=C(NCc1cn2cc(CNCC3CC4(CCC4)C3)ccc2n1)c1cc(=O)n2ccccc2n1.[HH].[HH]. The highest BCUT2D eigenvalue weighted by Gasteiger charge is 2.47. The molecule has 8 nitrogen and oxygen atoms in total. The van der Waals surface area contributed by atoms with E-state index < -0.39 is 5.91 Å². The molecule has 1 amide bonds. The Morgan fingerprint density at radius 1 is 1.09 bits per heavy atom. The Morgan fingerprint density at radius 3 is 2.79 bits per heavy atom. The summed E-state index contributed by atoms with van der Waals surface area (Å²) in [6, 6.07) is 10.6. The van der Waals surface area contributed by atoms with Crippen LogP contribution in [0.1, 0.15) is 56.7 Å². The maximum atomic E-state index is 12.6. The zero-order valence-electron chi connectivity index (χ0n) is 19.0. The van der Waals surface area contributed by atoms with Crippen molar-refractivity contribution in [1.29, 1.82) is 0 Å². The van der Waals surface area contributed by atoms with E-state index in [4.69, 9.17) is 0 Å². The smallest absolute Gasteiger partial charge is 0.270 e. The molecule has 4 heterocycles. The molecule has 4 aromatic rings. The van der Waals surface area contributed by atoms with Crippen LogP contribution in [0, 0.1) is 11.3 Å². The van der Waals surface area contributed by atoms with Crippen molar-refractivity contribution in [3.63, 3.8) is 0 Å². The van der Waals surface area contributed by atoms with Gasteiger partial charge in [0, 0.05) is 34.1 Å². The minimum atomic E-state index is -0.398. The van der Waals surface area contributed by atoms with E-state index in [2.05, 4.69) is 32.9 Å². The minimum Gasteiger partial charge on any atom is -0.345 e. The predicted octanol–water partition coefficient (Wildman–Crippen LogP) is 3.43. The number of amides is 1. The molecule has 0 aromatic carbocycles. The third-order valence-electron chi connectivity index (χ3n) is 7.42. The second-order valence-corrected chi connectivity index (χ2v) is 9.88. The summed E-state index contributed by atoms with van der Waals surface area (Å²) in [5.74, 6) is 0.436. The van der Waals surface area contributed by atoms with Gasteiger partial charge in [-0.25, -0.2) is 9.97 Å². The number of imidazole rings is 1. The molecule has 2 saturated carbocycles. The fraction of sp³-hybridized carbons (Fsp3) is 0.385. The van der Waals surface area contributed by atoms with Crippen molar-refractivity contribution in [3.8, 4) is 0 Å². The number of hydrogen-bond acceptors (Lipinski definition) is 5. The predicted molar refractivity (Wildman–Crippen MR) is 133 cm³/mol. The molecular weight excluding hydrogens is 428 g/mol. The third kappa shape index (κ3) is 3.98. The third-order valence-corrected chi connectivity index (χ3v) is 7.42. The van der Waals surface area contributed by atoms with Crippen LogP contribution in [0.4, 0.5) is 0 Å². The standard InChI is InChI=1S/C26H28N6O2.2H2/c33-24-10-21(30-23-4-1-2-9-32(23)24)25(34)28-15-20-17-31-16-18(5-6-22(31)29-20)13-27-14-19-11-26(12-19)7-3-8-26;;/h1-2,4-6,9-10,16-17,19,27H,3,7-8,11-15H2,(H,28,34);2*1H. The Labute approximate surface area is 200 Å². The van der Waals surface area contributed by atoms with Gasteiger partial charge in [-0.05, 0) is 67.3 Å². The molecule has 2 aliphatic rings. The zero-order valence-corrected chi connectivity index (χ0v) is 19.0. The van der Waals surface area contributed by atoms with E-state index in [1.54, 1.807) is 24.4 Å². The first kappa shape index (κ1) is 21.0. The van der Waals surface area contributed by atoms with Gasteiger partial charge in [-0.3, -0.25) is 14.0 Å². The van der Waals surface area contributed by atoms with Crippen molar-refractivity contribution in [2.24, 2.45) is 11.3 Å². The van der Waals surface area contributed by atoms with Gasteiger partial charge < -0.3 is 15.0 Å². The first-order chi connectivity index (χ1) is 16.6. The fourth-order valence-corrected chi connectivity index (χ4v) is 5.53. The summed E-state index contributed by atoms with van der Waals surface area (Å²) < 4.78 is 3.40. The van der Waals surface area contributed by atoms with Gasteiger partial charge in [0.1, 0.15) is 17.0 Å². The van der Waals surface area contributed by atoms with Crippen LogP contribution in [-0.2, 0) is 13.1 Å². The lowest BCUT2D eigenvalue weighted by atomic mass is 9.52. The number of rotatable bonds is 7. The monoisotopic (exact) mass is 460 g/mol. The Bertz CT molecular complexity index is 1440. The van der Waals surface area contributed by atoms with Crippen LogP contribution in [-0.4, -0.2) is 31.2 Å². The first-order valence-corrected chi connectivity index (χ1v) is 12.0. The Kier molecular flexibility index (Phi) is 5.17. The topological polar surface area (TPSA) is 92.8 Å². The number of carbonyl (C=O) groups excluding carboxylic acids is 1. The summed E-state index contributed by atoms with van der Waals surface area (Å²) in [4.78, 5) is 33.7. The molecule has 2 aliphatic carbocycles. The van der Waals surface area contributed by atoms with Gasteiger partial charge in [0.25, 0.3) is 11.5 Å². The summed E-state index contributed by atoms with van der Waals surface area (Å²) >= 11 is 0. The molecule has 0 bridgehead atoms. The lowest BCUT2D eigenvalue weighted by Crippen LogP contribution is -2.46. The quantitative estimate of drug-likeness (QED) is 0.441. The number of nitrogens with one attached hydrogen (secondary N) is 2. The lowest BCUT2D eigenvalue weighted by Gasteiger charge is -2.54. The van der Waals surface area contributed by atoms with Gasteiger partial charge in [0.15, 0.2) is 0 Å². The number of nitrogens with zero attached hydrogens (tertiary/aromatic N) is 4. The molecule has 178 valence electrons. The van der Waals surface area contributed by atoms with Gasteiger partial charge >= 0.3 is 0 Å². The van der Waals surface area contributed by atoms with E-state index in [9.17, 15) is 9.59 Å². The number of aromatic nitrogens is 4. The van der Waals surface area contributed by atoms with E-state index in [-0.39, 0.29) is 20.7 Å².